The zero-order chi connectivity index (χ0) is 17.5. The van der Waals surface area contributed by atoms with Crippen LogP contribution in [0.4, 0.5) is 14.9 Å². The SMILES string of the molecule is CN(C)C(=O)c1cc(NC(=O)NCCc2cccc(F)c2)ccn1. The maximum absolute atomic E-state index is 13.1. The first kappa shape index (κ1) is 17.4. The monoisotopic (exact) mass is 330 g/mol. The molecule has 0 spiro atoms. The van der Waals surface area contributed by atoms with E-state index in [1.165, 1.54) is 29.3 Å². The molecule has 0 radical (unpaired) electrons. The highest BCUT2D eigenvalue weighted by Gasteiger charge is 2.11. The highest BCUT2D eigenvalue weighted by Crippen LogP contribution is 2.09. The number of halogens is 1. The van der Waals surface area contributed by atoms with Crippen LogP contribution in [0.3, 0.4) is 0 Å². The van der Waals surface area contributed by atoms with Gasteiger partial charge in [-0.3, -0.25) is 9.78 Å². The van der Waals surface area contributed by atoms with Gasteiger partial charge < -0.3 is 15.5 Å². The van der Waals surface area contributed by atoms with Crippen molar-refractivity contribution in [1.82, 2.24) is 15.2 Å². The number of carbonyl (C=O) groups excluding carboxylic acids is 2. The summed E-state index contributed by atoms with van der Waals surface area (Å²) in [5, 5.41) is 5.32. The van der Waals surface area contributed by atoms with Gasteiger partial charge in [-0.2, -0.15) is 0 Å². The van der Waals surface area contributed by atoms with Gasteiger partial charge in [-0.05, 0) is 36.2 Å². The molecule has 0 bridgehead atoms. The standard InChI is InChI=1S/C17H19FN4O2/c1-22(2)16(23)15-11-14(7-9-19-15)21-17(24)20-8-6-12-4-3-5-13(18)10-12/h3-5,7,9-11H,6,8H2,1-2H3,(H2,19,20,21,24). The molecule has 0 fully saturated rings. The fourth-order valence-electron chi connectivity index (χ4n) is 2.04. The summed E-state index contributed by atoms with van der Waals surface area (Å²) in [6, 6.07) is 8.94. The molecular weight excluding hydrogens is 311 g/mol. The second kappa shape index (κ2) is 8.05. The van der Waals surface area contributed by atoms with Crippen LogP contribution in [-0.4, -0.2) is 42.5 Å². The van der Waals surface area contributed by atoms with E-state index in [9.17, 15) is 14.0 Å². The maximum Gasteiger partial charge on any atom is 0.319 e. The number of carbonyl (C=O) groups is 2. The molecule has 1 heterocycles. The van der Waals surface area contributed by atoms with Crippen LogP contribution in [0.15, 0.2) is 42.6 Å². The first-order chi connectivity index (χ1) is 11.5. The first-order valence-corrected chi connectivity index (χ1v) is 7.42. The fraction of sp³-hybridized carbons (Fsp3) is 0.235. The topological polar surface area (TPSA) is 74.3 Å². The van der Waals surface area contributed by atoms with E-state index in [1.54, 1.807) is 32.3 Å². The Bertz CT molecular complexity index is 734. The van der Waals surface area contributed by atoms with E-state index in [1.807, 2.05) is 0 Å². The minimum Gasteiger partial charge on any atom is -0.343 e. The molecule has 2 N–H and O–H groups in total. The Labute approximate surface area is 139 Å². The van der Waals surface area contributed by atoms with Crippen molar-refractivity contribution in [2.45, 2.75) is 6.42 Å². The Balaban J connectivity index is 1.86. The summed E-state index contributed by atoms with van der Waals surface area (Å²) in [5.41, 5.74) is 1.52. The molecule has 3 amide bonds. The van der Waals surface area contributed by atoms with Crippen LogP contribution in [0.1, 0.15) is 16.1 Å². The second-order valence-electron chi connectivity index (χ2n) is 5.39. The van der Waals surface area contributed by atoms with E-state index in [0.717, 1.165) is 5.56 Å². The second-order valence-corrected chi connectivity index (χ2v) is 5.39. The number of hydrogen-bond acceptors (Lipinski definition) is 3. The summed E-state index contributed by atoms with van der Waals surface area (Å²) in [5.74, 6) is -0.544. The van der Waals surface area contributed by atoms with Crippen LogP contribution in [0.2, 0.25) is 0 Å². The predicted octanol–water partition coefficient (Wildman–Crippen LogP) is 2.29. The van der Waals surface area contributed by atoms with Gasteiger partial charge in [0.25, 0.3) is 5.91 Å². The zero-order valence-electron chi connectivity index (χ0n) is 13.5. The van der Waals surface area contributed by atoms with Crippen molar-refractivity contribution in [3.8, 4) is 0 Å². The van der Waals surface area contributed by atoms with E-state index in [-0.39, 0.29) is 17.4 Å². The Hall–Kier alpha value is -2.96. The molecule has 126 valence electrons. The smallest absolute Gasteiger partial charge is 0.319 e. The molecule has 0 aliphatic rings. The molecule has 0 saturated heterocycles. The summed E-state index contributed by atoms with van der Waals surface area (Å²) >= 11 is 0. The summed E-state index contributed by atoms with van der Waals surface area (Å²) in [6.45, 7) is 0.365. The van der Waals surface area contributed by atoms with Crippen LogP contribution in [0.25, 0.3) is 0 Å². The van der Waals surface area contributed by atoms with E-state index >= 15 is 0 Å². The van der Waals surface area contributed by atoms with Crippen LogP contribution >= 0.6 is 0 Å². The fourth-order valence-corrected chi connectivity index (χ4v) is 2.04. The molecule has 0 aliphatic heterocycles. The van der Waals surface area contributed by atoms with Crippen LogP contribution < -0.4 is 10.6 Å². The summed E-state index contributed by atoms with van der Waals surface area (Å²) in [7, 11) is 3.26. The molecule has 0 unspecified atom stereocenters. The maximum atomic E-state index is 13.1. The highest BCUT2D eigenvalue weighted by atomic mass is 19.1. The third-order valence-corrected chi connectivity index (χ3v) is 3.23. The van der Waals surface area contributed by atoms with E-state index in [2.05, 4.69) is 15.6 Å². The summed E-state index contributed by atoms with van der Waals surface area (Å²) in [4.78, 5) is 29.1. The lowest BCUT2D eigenvalue weighted by Crippen LogP contribution is -2.30. The van der Waals surface area contributed by atoms with Gasteiger partial charge in [0.05, 0.1) is 0 Å². The van der Waals surface area contributed by atoms with Gasteiger partial charge in [0.1, 0.15) is 11.5 Å². The Morgan fingerprint density at radius 2 is 2.00 bits per heavy atom. The van der Waals surface area contributed by atoms with E-state index in [0.29, 0.717) is 18.7 Å². The van der Waals surface area contributed by atoms with Crippen LogP contribution in [-0.2, 0) is 6.42 Å². The van der Waals surface area contributed by atoms with Crippen molar-refractivity contribution in [2.75, 3.05) is 26.0 Å². The van der Waals surface area contributed by atoms with Gasteiger partial charge in [0, 0.05) is 32.5 Å². The van der Waals surface area contributed by atoms with Gasteiger partial charge >= 0.3 is 6.03 Å². The van der Waals surface area contributed by atoms with Crippen molar-refractivity contribution in [3.63, 3.8) is 0 Å². The average molecular weight is 330 g/mol. The molecular formula is C17H19FN4O2. The number of aromatic nitrogens is 1. The quantitative estimate of drug-likeness (QED) is 0.883. The molecule has 6 nitrogen and oxygen atoms in total. The number of nitrogens with zero attached hydrogens (tertiary/aromatic N) is 2. The number of hydrogen-bond donors (Lipinski definition) is 2. The molecule has 0 atom stereocenters. The lowest BCUT2D eigenvalue weighted by Gasteiger charge is -2.11. The van der Waals surface area contributed by atoms with Gasteiger partial charge in [-0.15, -0.1) is 0 Å². The molecule has 2 aromatic rings. The normalized spacial score (nSPS) is 10.1. The zero-order valence-corrected chi connectivity index (χ0v) is 13.5. The van der Waals surface area contributed by atoms with Crippen molar-refractivity contribution in [3.05, 3.63) is 59.7 Å². The largest absolute Gasteiger partial charge is 0.343 e. The predicted molar refractivity (Wildman–Crippen MR) is 89.4 cm³/mol. The average Bonchev–Trinajstić information content (AvgIpc) is 2.54. The molecule has 24 heavy (non-hydrogen) atoms. The van der Waals surface area contributed by atoms with Crippen LogP contribution in [0, 0.1) is 5.82 Å². The number of nitrogens with one attached hydrogen (secondary N) is 2. The van der Waals surface area contributed by atoms with Crippen molar-refractivity contribution in [2.24, 2.45) is 0 Å². The van der Waals surface area contributed by atoms with Gasteiger partial charge in [-0.25, -0.2) is 9.18 Å². The lowest BCUT2D eigenvalue weighted by atomic mass is 10.1. The van der Waals surface area contributed by atoms with Crippen molar-refractivity contribution >= 4 is 17.6 Å². The van der Waals surface area contributed by atoms with Gasteiger partial charge in [0.15, 0.2) is 0 Å². The van der Waals surface area contributed by atoms with Crippen molar-refractivity contribution in [1.29, 1.82) is 0 Å². The van der Waals surface area contributed by atoms with Crippen LogP contribution in [0.5, 0.6) is 0 Å². The van der Waals surface area contributed by atoms with Crippen molar-refractivity contribution < 1.29 is 14.0 Å². The third kappa shape index (κ3) is 5.05. The molecule has 7 heteroatoms. The number of pyridine rings is 1. The minimum atomic E-state index is -0.402. The Morgan fingerprint density at radius 3 is 2.71 bits per heavy atom. The lowest BCUT2D eigenvalue weighted by molar-refractivity contribution is 0.0822. The number of rotatable bonds is 5. The first-order valence-electron chi connectivity index (χ1n) is 7.42. The van der Waals surface area contributed by atoms with Gasteiger partial charge in [0.2, 0.25) is 0 Å². The van der Waals surface area contributed by atoms with E-state index < -0.39 is 6.03 Å². The number of amides is 3. The molecule has 0 saturated carbocycles. The molecule has 1 aromatic carbocycles. The third-order valence-electron chi connectivity index (χ3n) is 3.23. The number of urea groups is 1. The highest BCUT2D eigenvalue weighted by molar-refractivity contribution is 5.95. The minimum absolute atomic E-state index is 0.245. The Morgan fingerprint density at radius 1 is 1.21 bits per heavy atom. The molecule has 0 aliphatic carbocycles. The van der Waals surface area contributed by atoms with E-state index in [4.69, 9.17) is 0 Å². The summed E-state index contributed by atoms with van der Waals surface area (Å²) in [6.07, 6.45) is 1.98. The number of anilines is 1. The molecule has 2 rings (SSSR count). The number of benzene rings is 1. The van der Waals surface area contributed by atoms with Gasteiger partial charge in [-0.1, -0.05) is 12.1 Å². The summed E-state index contributed by atoms with van der Waals surface area (Å²) < 4.78 is 13.1. The Kier molecular flexibility index (Phi) is 5.83. The molecule has 1 aromatic heterocycles.